The van der Waals surface area contributed by atoms with Gasteiger partial charge in [-0.15, -0.1) is 0 Å². The molecule has 28 heavy (non-hydrogen) atoms. The Bertz CT molecular complexity index is 894. The van der Waals surface area contributed by atoms with Gasteiger partial charge in [-0.05, 0) is 42.9 Å². The first-order valence-electron chi connectivity index (χ1n) is 9.89. The lowest BCUT2D eigenvalue weighted by atomic mass is 9.72. The molecule has 1 amide bonds. The van der Waals surface area contributed by atoms with Crippen LogP contribution in [-0.4, -0.2) is 41.3 Å². The molecule has 1 saturated heterocycles. The van der Waals surface area contributed by atoms with Crippen molar-refractivity contribution >= 4 is 28.9 Å². The monoisotopic (exact) mass is 400 g/mol. The van der Waals surface area contributed by atoms with E-state index in [9.17, 15) is 4.79 Å². The lowest BCUT2D eigenvalue weighted by Gasteiger charge is -2.45. The van der Waals surface area contributed by atoms with Gasteiger partial charge in [-0.2, -0.15) is 5.10 Å². The number of nitrogens with one attached hydrogen (secondary N) is 2. The van der Waals surface area contributed by atoms with Crippen LogP contribution < -0.4 is 10.6 Å². The number of nitrogens with zero attached hydrogens (tertiary/aromatic N) is 2. The van der Waals surface area contributed by atoms with Gasteiger partial charge in [0.25, 0.3) is 5.91 Å². The van der Waals surface area contributed by atoms with E-state index in [0.717, 1.165) is 35.5 Å². The van der Waals surface area contributed by atoms with Gasteiger partial charge in [0.1, 0.15) is 0 Å². The van der Waals surface area contributed by atoms with E-state index in [1.54, 1.807) is 7.11 Å². The van der Waals surface area contributed by atoms with Gasteiger partial charge >= 0.3 is 0 Å². The zero-order valence-corrected chi connectivity index (χ0v) is 17.5. The van der Waals surface area contributed by atoms with Crippen LogP contribution >= 0.6 is 12.0 Å². The summed E-state index contributed by atoms with van der Waals surface area (Å²) in [5.74, 6) is 2.33. The Morgan fingerprint density at radius 2 is 2.32 bits per heavy atom. The second-order valence-electron chi connectivity index (χ2n) is 7.84. The average Bonchev–Trinajstić information content (AvgIpc) is 3.01. The van der Waals surface area contributed by atoms with Crippen LogP contribution in [0.2, 0.25) is 0 Å². The number of aromatic nitrogens is 2. The Balaban J connectivity index is 1.46. The molecule has 0 saturated carbocycles. The molecule has 6 nitrogen and oxygen atoms in total. The Labute approximate surface area is 170 Å². The molecule has 0 radical (unpaired) electrons. The fourth-order valence-electron chi connectivity index (χ4n) is 4.27. The third-order valence-electron chi connectivity index (χ3n) is 6.24. The molecule has 4 unspecified atom stereocenters. The molecule has 4 atom stereocenters. The molecule has 150 valence electrons. The van der Waals surface area contributed by atoms with Crippen molar-refractivity contribution in [3.63, 3.8) is 0 Å². The highest BCUT2D eigenvalue weighted by atomic mass is 32.2. The molecule has 1 fully saturated rings. The minimum atomic E-state index is -0.0812. The van der Waals surface area contributed by atoms with Crippen LogP contribution in [0.25, 0.3) is 10.9 Å². The number of carbonyl (C=O) groups excluding carboxylic acids is 1. The summed E-state index contributed by atoms with van der Waals surface area (Å²) in [4.78, 5) is 12.4. The first-order chi connectivity index (χ1) is 13.6. The maximum atomic E-state index is 12.4. The predicted molar refractivity (Wildman–Crippen MR) is 113 cm³/mol. The van der Waals surface area contributed by atoms with Crippen LogP contribution in [-0.2, 0) is 10.7 Å². The second-order valence-corrected chi connectivity index (χ2v) is 8.70. The minimum absolute atomic E-state index is 0.0812. The van der Waals surface area contributed by atoms with Gasteiger partial charge in [-0.25, -0.2) is 0 Å². The molecule has 1 aliphatic carbocycles. The molecular formula is C21H28N4O2S. The summed E-state index contributed by atoms with van der Waals surface area (Å²) in [5.41, 5.74) is 2.61. The van der Waals surface area contributed by atoms with Gasteiger partial charge < -0.3 is 14.8 Å². The van der Waals surface area contributed by atoms with E-state index in [1.165, 1.54) is 18.5 Å². The van der Waals surface area contributed by atoms with E-state index in [-0.39, 0.29) is 5.91 Å². The lowest BCUT2D eigenvalue weighted by Crippen LogP contribution is -2.59. The third-order valence-corrected chi connectivity index (χ3v) is 6.74. The Hall–Kier alpha value is -1.83. The molecule has 2 N–H and O–H groups in total. The maximum absolute atomic E-state index is 12.4. The normalized spacial score (nSPS) is 24.6. The number of allylic oxidation sites excluding steroid dienone is 2. The zero-order chi connectivity index (χ0) is 19.7. The summed E-state index contributed by atoms with van der Waals surface area (Å²) >= 11 is 1.21. The van der Waals surface area contributed by atoms with Crippen molar-refractivity contribution in [1.82, 2.24) is 20.4 Å². The number of hydrogen-bond donors (Lipinski definition) is 2. The molecule has 1 aliphatic heterocycles. The van der Waals surface area contributed by atoms with Crippen LogP contribution in [0.1, 0.15) is 29.3 Å². The van der Waals surface area contributed by atoms with Gasteiger partial charge in [0.05, 0.1) is 18.5 Å². The van der Waals surface area contributed by atoms with Gasteiger partial charge in [-0.3, -0.25) is 9.48 Å². The number of rotatable bonds is 8. The number of carbonyl (C=O) groups is 1. The molecule has 2 aromatic rings. The van der Waals surface area contributed by atoms with Crippen LogP contribution in [0.3, 0.4) is 0 Å². The molecule has 1 aromatic heterocycles. The quantitative estimate of drug-likeness (QED) is 0.308. The summed E-state index contributed by atoms with van der Waals surface area (Å²) in [7, 11) is 1.59. The van der Waals surface area contributed by atoms with E-state index in [0.29, 0.717) is 29.3 Å². The highest BCUT2D eigenvalue weighted by Crippen LogP contribution is 2.34. The molecule has 0 spiro atoms. The second kappa shape index (κ2) is 8.27. The smallest absolute Gasteiger partial charge is 0.252 e. The van der Waals surface area contributed by atoms with E-state index in [2.05, 4.69) is 40.6 Å². The molecule has 1 aromatic carbocycles. The number of amides is 1. The Morgan fingerprint density at radius 1 is 1.50 bits per heavy atom. The summed E-state index contributed by atoms with van der Waals surface area (Å²) in [6.45, 7) is 6.31. The standard InChI is InChI=1S/C21H28N4O2S/c1-13(15-5-4-6-15)20-16(9-22-20)10-25-11-18-14(2)17(7-8-19(18)24-25)21(26)23-12-28-27-3/h4-5,7-8,11,13,15-16,20,22H,6,9-10,12H2,1-3H3,(H,23,26). The topological polar surface area (TPSA) is 68.2 Å². The lowest BCUT2D eigenvalue weighted by molar-refractivity contribution is 0.0960. The van der Waals surface area contributed by atoms with Crippen molar-refractivity contribution in [2.75, 3.05) is 19.5 Å². The van der Waals surface area contributed by atoms with Crippen LogP contribution in [0.15, 0.2) is 30.5 Å². The van der Waals surface area contributed by atoms with Crippen molar-refractivity contribution < 1.29 is 8.98 Å². The van der Waals surface area contributed by atoms with E-state index >= 15 is 0 Å². The number of aryl methyl sites for hydroxylation is 1. The predicted octanol–water partition coefficient (Wildman–Crippen LogP) is 3.13. The van der Waals surface area contributed by atoms with Gasteiger partial charge in [0, 0.05) is 54.2 Å². The maximum Gasteiger partial charge on any atom is 0.252 e. The van der Waals surface area contributed by atoms with E-state index in [4.69, 9.17) is 9.28 Å². The average molecular weight is 401 g/mol. The number of fused-ring (bicyclic) bond motifs is 1. The van der Waals surface area contributed by atoms with Crippen molar-refractivity contribution in [2.45, 2.75) is 32.9 Å². The highest BCUT2D eigenvalue weighted by molar-refractivity contribution is 7.94. The summed E-state index contributed by atoms with van der Waals surface area (Å²) in [6.07, 6.45) is 7.91. The van der Waals surface area contributed by atoms with Crippen molar-refractivity contribution in [3.8, 4) is 0 Å². The third kappa shape index (κ3) is 3.71. The van der Waals surface area contributed by atoms with Crippen molar-refractivity contribution in [3.05, 3.63) is 41.6 Å². The van der Waals surface area contributed by atoms with Crippen LogP contribution in [0.5, 0.6) is 0 Å². The van der Waals surface area contributed by atoms with Crippen molar-refractivity contribution in [1.29, 1.82) is 0 Å². The Kier molecular flexibility index (Phi) is 5.75. The molecular weight excluding hydrogens is 372 g/mol. The fourth-order valence-corrected chi connectivity index (χ4v) is 4.58. The highest BCUT2D eigenvalue weighted by Gasteiger charge is 2.38. The minimum Gasteiger partial charge on any atom is -0.341 e. The summed E-state index contributed by atoms with van der Waals surface area (Å²) < 4.78 is 6.97. The van der Waals surface area contributed by atoms with Crippen LogP contribution in [0.4, 0.5) is 0 Å². The van der Waals surface area contributed by atoms with Gasteiger partial charge in [-0.1, -0.05) is 19.1 Å². The molecule has 0 bridgehead atoms. The summed E-state index contributed by atoms with van der Waals surface area (Å²) in [6, 6.07) is 4.36. The largest absolute Gasteiger partial charge is 0.341 e. The fraction of sp³-hybridized carbons (Fsp3) is 0.524. The molecule has 4 rings (SSSR count). The number of benzene rings is 1. The molecule has 7 heteroatoms. The first kappa shape index (κ1) is 19.5. The van der Waals surface area contributed by atoms with Gasteiger partial charge in [0.15, 0.2) is 0 Å². The number of hydrogen-bond acceptors (Lipinski definition) is 5. The van der Waals surface area contributed by atoms with Crippen LogP contribution in [0, 0.1) is 24.7 Å². The first-order valence-corrected chi connectivity index (χ1v) is 10.8. The van der Waals surface area contributed by atoms with E-state index in [1.807, 2.05) is 19.1 Å². The van der Waals surface area contributed by atoms with Crippen molar-refractivity contribution in [2.24, 2.45) is 17.8 Å². The molecule has 2 heterocycles. The summed E-state index contributed by atoms with van der Waals surface area (Å²) in [5, 5.41) is 12.3. The van der Waals surface area contributed by atoms with E-state index < -0.39 is 0 Å². The SMILES string of the molecule is COSCNC(=O)c1ccc2nn(CC3CNC3C(C)C3C=CC3)cc2c1C. The molecule has 2 aliphatic rings. The van der Waals surface area contributed by atoms with Gasteiger partial charge in [0.2, 0.25) is 0 Å². The Morgan fingerprint density at radius 3 is 2.96 bits per heavy atom. The zero-order valence-electron chi connectivity index (χ0n) is 16.6.